The average Bonchev–Trinajstić information content (AvgIpc) is 3.35. The fourth-order valence-corrected chi connectivity index (χ4v) is 6.42. The first-order valence-corrected chi connectivity index (χ1v) is 16.6. The van der Waals surface area contributed by atoms with Gasteiger partial charge in [-0.15, -0.1) is 0 Å². The fourth-order valence-electron chi connectivity index (χ4n) is 4.99. The van der Waals surface area contributed by atoms with Gasteiger partial charge in [-0.3, -0.25) is 9.11 Å². The number of unbranched alkanes of at least 4 members (excludes halogenated alkanes) is 14. The van der Waals surface area contributed by atoms with Gasteiger partial charge < -0.3 is 0 Å². The van der Waals surface area contributed by atoms with E-state index in [0.29, 0.717) is 17.6 Å². The Labute approximate surface area is 221 Å². The summed E-state index contributed by atoms with van der Waals surface area (Å²) in [5.41, 5.74) is 0.913. The number of aromatic nitrogens is 2. The smallest absolute Gasteiger partial charge is 0.285 e. The van der Waals surface area contributed by atoms with E-state index in [9.17, 15) is 25.9 Å². The first-order chi connectivity index (χ1) is 17.6. The van der Waals surface area contributed by atoms with Crippen molar-refractivity contribution in [2.45, 2.75) is 120 Å². The standard InChI is InChI=1S/C26H41N3O6S2/c1-2-3-4-5-6-7-8-9-10-11-12-13-14-15-16-17-22-25(37(33,34)35)26-27-23-20-21(36(30,31)32)18-19-24(23)29(26)28-22/h18-20,25H,2-17H2,1H3,(H,30,31,32)(H,33,34,35)/t25-/m0/s1. The number of hydrogen-bond acceptors (Lipinski definition) is 6. The number of hydrogen-bond donors (Lipinski definition) is 2. The SMILES string of the molecule is CCCCCCCCCCCCCCCCCC1=Nn2c(nc3cc(S(=O)(=O)O)ccc32)[C@H]1S(=O)(=O)O. The van der Waals surface area contributed by atoms with Gasteiger partial charge in [0.1, 0.15) is 0 Å². The van der Waals surface area contributed by atoms with Crippen molar-refractivity contribution in [2.75, 3.05) is 0 Å². The molecule has 37 heavy (non-hydrogen) atoms. The normalized spacial score (nSPS) is 15.9. The van der Waals surface area contributed by atoms with Crippen molar-refractivity contribution in [3.63, 3.8) is 0 Å². The van der Waals surface area contributed by atoms with Gasteiger partial charge >= 0.3 is 0 Å². The van der Waals surface area contributed by atoms with Crippen LogP contribution in [0.1, 0.15) is 121 Å². The number of rotatable bonds is 18. The van der Waals surface area contributed by atoms with Crippen LogP contribution >= 0.6 is 0 Å². The predicted octanol–water partition coefficient (Wildman–Crippen LogP) is 6.69. The van der Waals surface area contributed by atoms with Crippen molar-refractivity contribution in [2.24, 2.45) is 5.10 Å². The molecule has 0 spiro atoms. The lowest BCUT2D eigenvalue weighted by Crippen LogP contribution is -2.19. The molecule has 0 saturated carbocycles. The van der Waals surface area contributed by atoms with Crippen molar-refractivity contribution in [3.05, 3.63) is 24.0 Å². The lowest BCUT2D eigenvalue weighted by Gasteiger charge is -2.09. The van der Waals surface area contributed by atoms with Crippen molar-refractivity contribution < 1.29 is 25.9 Å². The molecule has 0 aliphatic carbocycles. The van der Waals surface area contributed by atoms with Crippen LogP contribution in [0, 0.1) is 0 Å². The maximum atomic E-state index is 12.2. The first-order valence-electron chi connectivity index (χ1n) is 13.7. The summed E-state index contributed by atoms with van der Waals surface area (Å²) in [6.45, 7) is 2.25. The predicted molar refractivity (Wildman–Crippen MR) is 146 cm³/mol. The van der Waals surface area contributed by atoms with Gasteiger partial charge in [-0.1, -0.05) is 96.8 Å². The minimum absolute atomic E-state index is 0.0287. The Hall–Kier alpha value is -1.82. The molecule has 0 radical (unpaired) electrons. The maximum Gasteiger partial charge on any atom is 0.294 e. The van der Waals surface area contributed by atoms with E-state index in [1.165, 1.54) is 87.4 Å². The summed E-state index contributed by atoms with van der Waals surface area (Å²) in [6.07, 6.45) is 19.0. The molecule has 2 aromatic rings. The number of imidazole rings is 1. The van der Waals surface area contributed by atoms with E-state index >= 15 is 0 Å². The largest absolute Gasteiger partial charge is 0.294 e. The highest BCUT2D eigenvalue weighted by atomic mass is 32.2. The van der Waals surface area contributed by atoms with Gasteiger partial charge in [-0.2, -0.15) is 21.9 Å². The van der Waals surface area contributed by atoms with Crippen LogP contribution in [0.5, 0.6) is 0 Å². The molecule has 0 amide bonds. The molecule has 1 aromatic heterocycles. The lowest BCUT2D eigenvalue weighted by atomic mass is 10.0. The first kappa shape index (κ1) is 29.7. The zero-order valence-electron chi connectivity index (χ0n) is 21.8. The molecule has 0 unspecified atom stereocenters. The zero-order chi connectivity index (χ0) is 26.9. The molecule has 0 fully saturated rings. The number of benzene rings is 1. The molecule has 2 heterocycles. The van der Waals surface area contributed by atoms with Gasteiger partial charge in [0.05, 0.1) is 21.6 Å². The highest BCUT2D eigenvalue weighted by molar-refractivity contribution is 7.86. The van der Waals surface area contributed by atoms with Gasteiger partial charge in [-0.05, 0) is 31.0 Å². The molecular weight excluding hydrogens is 514 g/mol. The quantitative estimate of drug-likeness (QED) is 0.154. The molecule has 208 valence electrons. The molecule has 1 atom stereocenters. The summed E-state index contributed by atoms with van der Waals surface area (Å²) in [7, 11) is -8.93. The number of fused-ring (bicyclic) bond motifs is 3. The van der Waals surface area contributed by atoms with Crippen molar-refractivity contribution in [1.29, 1.82) is 0 Å². The average molecular weight is 556 g/mol. The van der Waals surface area contributed by atoms with E-state index in [4.69, 9.17) is 0 Å². The monoisotopic (exact) mass is 555 g/mol. The van der Waals surface area contributed by atoms with E-state index < -0.39 is 25.5 Å². The highest BCUT2D eigenvalue weighted by Gasteiger charge is 2.40. The Balaban J connectivity index is 1.40. The summed E-state index contributed by atoms with van der Waals surface area (Å²) in [6, 6.07) is 3.77. The second-order valence-electron chi connectivity index (χ2n) is 10.1. The van der Waals surface area contributed by atoms with Crippen LogP contribution in [-0.2, 0) is 20.2 Å². The minimum Gasteiger partial charge on any atom is -0.285 e. The van der Waals surface area contributed by atoms with Gasteiger partial charge in [0.15, 0.2) is 11.1 Å². The zero-order valence-corrected chi connectivity index (χ0v) is 23.4. The molecule has 0 saturated heterocycles. The summed E-state index contributed by atoms with van der Waals surface area (Å²) < 4.78 is 67.6. The van der Waals surface area contributed by atoms with Gasteiger partial charge in [0.25, 0.3) is 20.2 Å². The Morgan fingerprint density at radius 3 is 1.78 bits per heavy atom. The second kappa shape index (κ2) is 13.8. The van der Waals surface area contributed by atoms with Gasteiger partial charge in [0, 0.05) is 0 Å². The molecule has 1 aliphatic rings. The van der Waals surface area contributed by atoms with Crippen LogP contribution in [0.3, 0.4) is 0 Å². The van der Waals surface area contributed by atoms with E-state index in [-0.39, 0.29) is 16.2 Å². The maximum absolute atomic E-state index is 12.2. The third kappa shape index (κ3) is 8.59. The minimum atomic E-state index is -4.50. The van der Waals surface area contributed by atoms with Crippen LogP contribution in [0.25, 0.3) is 11.0 Å². The van der Waals surface area contributed by atoms with Crippen molar-refractivity contribution in [3.8, 4) is 0 Å². The third-order valence-electron chi connectivity index (χ3n) is 7.02. The van der Waals surface area contributed by atoms with Gasteiger partial charge in [-0.25, -0.2) is 9.66 Å². The Morgan fingerprint density at radius 1 is 0.784 bits per heavy atom. The van der Waals surface area contributed by atoms with E-state index in [2.05, 4.69) is 17.0 Å². The van der Waals surface area contributed by atoms with Crippen LogP contribution in [-0.4, -0.2) is 41.3 Å². The Bertz CT molecular complexity index is 1270. The van der Waals surface area contributed by atoms with Crippen molar-refractivity contribution in [1.82, 2.24) is 9.66 Å². The Kier molecular flexibility index (Phi) is 11.1. The van der Waals surface area contributed by atoms with Crippen LogP contribution < -0.4 is 0 Å². The summed E-state index contributed by atoms with van der Waals surface area (Å²) in [5.74, 6) is 0.0287. The van der Waals surface area contributed by atoms with Crippen LogP contribution in [0.2, 0.25) is 0 Å². The lowest BCUT2D eigenvalue weighted by molar-refractivity contribution is 0.476. The van der Waals surface area contributed by atoms with E-state index in [0.717, 1.165) is 31.7 Å². The fraction of sp³-hybridized carbons (Fsp3) is 0.692. The molecule has 0 bridgehead atoms. The summed E-state index contributed by atoms with van der Waals surface area (Å²) >= 11 is 0. The number of nitrogens with zero attached hydrogens (tertiary/aromatic N) is 3. The molecule has 1 aliphatic heterocycles. The third-order valence-corrected chi connectivity index (χ3v) is 8.95. The van der Waals surface area contributed by atoms with Gasteiger partial charge in [0.2, 0.25) is 0 Å². The van der Waals surface area contributed by atoms with Crippen LogP contribution in [0.15, 0.2) is 28.2 Å². The summed E-state index contributed by atoms with van der Waals surface area (Å²) in [5, 5.41) is 3.03. The molecular formula is C26H41N3O6S2. The molecule has 9 nitrogen and oxygen atoms in total. The van der Waals surface area contributed by atoms with Crippen molar-refractivity contribution >= 4 is 37.0 Å². The molecule has 3 rings (SSSR count). The Morgan fingerprint density at radius 2 is 1.30 bits per heavy atom. The highest BCUT2D eigenvalue weighted by Crippen LogP contribution is 2.34. The molecule has 1 aromatic carbocycles. The second-order valence-corrected chi connectivity index (χ2v) is 13.0. The molecule has 2 N–H and O–H groups in total. The molecule has 11 heteroatoms. The van der Waals surface area contributed by atoms with E-state index in [1.807, 2.05) is 0 Å². The topological polar surface area (TPSA) is 139 Å². The van der Waals surface area contributed by atoms with Crippen LogP contribution in [0.4, 0.5) is 0 Å². The summed E-state index contributed by atoms with van der Waals surface area (Å²) in [4.78, 5) is 3.88. The van der Waals surface area contributed by atoms with E-state index in [1.54, 1.807) is 0 Å².